The predicted molar refractivity (Wildman–Crippen MR) is 328 cm³/mol. The first-order valence-electron chi connectivity index (χ1n) is 34.2. The van der Waals surface area contributed by atoms with E-state index in [2.05, 4.69) is 13.8 Å². The number of hydrogen-bond donors (Lipinski definition) is 1. The molecule has 458 valence electrons. The maximum absolute atomic E-state index is 12.9. The van der Waals surface area contributed by atoms with Crippen molar-refractivity contribution in [1.29, 1.82) is 0 Å². The molecule has 0 heterocycles. The summed E-state index contributed by atoms with van der Waals surface area (Å²) in [7, 11) is 5.99. The molecule has 77 heavy (non-hydrogen) atoms. The fourth-order valence-corrected chi connectivity index (χ4v) is 10.6. The second-order valence-corrected chi connectivity index (χ2v) is 24.9. The zero-order chi connectivity index (χ0) is 56.2. The van der Waals surface area contributed by atoms with Crippen LogP contribution in [0.15, 0.2) is 0 Å². The molecule has 0 saturated carbocycles. The van der Waals surface area contributed by atoms with Crippen molar-refractivity contribution in [1.82, 2.24) is 0 Å². The molecule has 0 aliphatic heterocycles. The molecule has 2 atom stereocenters. The van der Waals surface area contributed by atoms with Crippen LogP contribution in [0.4, 0.5) is 0 Å². The van der Waals surface area contributed by atoms with Crippen molar-refractivity contribution in [2.75, 3.05) is 47.5 Å². The van der Waals surface area contributed by atoms with Gasteiger partial charge in [-0.15, -0.1) is 0 Å². The molecule has 0 rings (SSSR count). The van der Waals surface area contributed by atoms with Gasteiger partial charge in [-0.1, -0.05) is 335 Å². The van der Waals surface area contributed by atoms with Crippen molar-refractivity contribution in [3.63, 3.8) is 0 Å². The maximum Gasteiger partial charge on any atom is 0.361 e. The fourth-order valence-electron chi connectivity index (χ4n) is 10.6. The molecule has 0 aromatic carbocycles. The van der Waals surface area contributed by atoms with Crippen molar-refractivity contribution < 1.29 is 42.9 Å². The average molecular weight is 1090 g/mol. The molecular weight excluding hydrogens is 959 g/mol. The number of aliphatic carboxylic acids is 1. The minimum Gasteiger partial charge on any atom is -0.477 e. The summed E-state index contributed by atoms with van der Waals surface area (Å²) in [5.41, 5.74) is 0. The number of nitrogens with zero attached hydrogens (tertiary/aromatic N) is 1. The lowest BCUT2D eigenvalue weighted by atomic mass is 10.0. The molecule has 0 saturated heterocycles. The van der Waals surface area contributed by atoms with Crippen LogP contribution < -0.4 is 0 Å². The molecular formula is C68H134NO8+. The Morgan fingerprint density at radius 3 is 0.831 bits per heavy atom. The van der Waals surface area contributed by atoms with Crippen molar-refractivity contribution >= 4 is 17.9 Å². The zero-order valence-electron chi connectivity index (χ0n) is 52.4. The summed E-state index contributed by atoms with van der Waals surface area (Å²) in [5, 5.41) is 9.73. The van der Waals surface area contributed by atoms with E-state index < -0.39 is 18.4 Å². The third-order valence-electron chi connectivity index (χ3n) is 15.9. The largest absolute Gasteiger partial charge is 0.477 e. The van der Waals surface area contributed by atoms with Crippen LogP contribution >= 0.6 is 0 Å². The highest BCUT2D eigenvalue weighted by Crippen LogP contribution is 2.19. The minimum atomic E-state index is -1.50. The van der Waals surface area contributed by atoms with Gasteiger partial charge in [-0.25, -0.2) is 4.79 Å². The van der Waals surface area contributed by atoms with Gasteiger partial charge in [0.25, 0.3) is 6.29 Å². The first-order valence-corrected chi connectivity index (χ1v) is 34.2. The Hall–Kier alpha value is -1.71. The standard InChI is InChI=1S/C68H133NO8/c1-6-8-10-12-14-16-18-20-22-24-26-28-30-31-32-33-34-35-36-37-39-41-43-45-47-49-51-53-55-57-59-66(71)77-64(63-76-68(67(72)73)74-61-60-69(3,4)5)62-75-65(70)58-56-54-52-50-48-46-44-42-40-38-29-27-25-23-21-19-17-15-13-11-9-7-2/h64,68H,6-63H2,1-5H3/p+1. The molecule has 1 N–H and O–H groups in total. The van der Waals surface area contributed by atoms with E-state index in [-0.39, 0.29) is 38.2 Å². The molecule has 0 spiro atoms. The van der Waals surface area contributed by atoms with Crippen LogP contribution in [0, 0.1) is 0 Å². The Balaban J connectivity index is 4.05. The highest BCUT2D eigenvalue weighted by Gasteiger charge is 2.25. The second-order valence-electron chi connectivity index (χ2n) is 24.9. The van der Waals surface area contributed by atoms with Crippen LogP contribution in [0.1, 0.15) is 361 Å². The van der Waals surface area contributed by atoms with Crippen LogP contribution in [0.25, 0.3) is 0 Å². The van der Waals surface area contributed by atoms with Crippen molar-refractivity contribution in [2.24, 2.45) is 0 Å². The lowest BCUT2D eigenvalue weighted by Gasteiger charge is -2.25. The smallest absolute Gasteiger partial charge is 0.361 e. The van der Waals surface area contributed by atoms with Crippen molar-refractivity contribution in [3.8, 4) is 0 Å². The summed E-state index contributed by atoms with van der Waals surface area (Å²) in [4.78, 5) is 37.6. The molecule has 0 aliphatic carbocycles. The van der Waals surface area contributed by atoms with Gasteiger partial charge in [-0.3, -0.25) is 9.59 Å². The zero-order valence-corrected chi connectivity index (χ0v) is 52.4. The van der Waals surface area contributed by atoms with Gasteiger partial charge in [0.2, 0.25) is 0 Å². The Labute approximate surface area is 479 Å². The second kappa shape index (κ2) is 60.4. The van der Waals surface area contributed by atoms with E-state index in [1.165, 1.54) is 295 Å². The maximum atomic E-state index is 12.9. The third-order valence-corrected chi connectivity index (χ3v) is 15.9. The number of carboxylic acids is 1. The summed E-state index contributed by atoms with van der Waals surface area (Å²) >= 11 is 0. The predicted octanol–water partition coefficient (Wildman–Crippen LogP) is 20.7. The summed E-state index contributed by atoms with van der Waals surface area (Å²) in [6.45, 7) is 4.97. The first kappa shape index (κ1) is 75.3. The molecule has 9 heteroatoms. The lowest BCUT2D eigenvalue weighted by Crippen LogP contribution is -2.40. The quantitative estimate of drug-likeness (QED) is 0.0278. The molecule has 0 aliphatic rings. The van der Waals surface area contributed by atoms with Gasteiger partial charge < -0.3 is 28.5 Å². The van der Waals surface area contributed by atoms with E-state index >= 15 is 0 Å². The molecule has 2 unspecified atom stereocenters. The Morgan fingerprint density at radius 2 is 0.584 bits per heavy atom. The fraction of sp³-hybridized carbons (Fsp3) is 0.956. The molecule has 0 radical (unpaired) electrons. The minimum absolute atomic E-state index is 0.172. The summed E-state index contributed by atoms with van der Waals surface area (Å²) in [5.74, 6) is -1.97. The molecule has 0 aromatic heterocycles. The van der Waals surface area contributed by atoms with E-state index in [1.807, 2.05) is 21.1 Å². The Morgan fingerprint density at radius 1 is 0.338 bits per heavy atom. The Bertz CT molecular complexity index is 1220. The molecule has 9 nitrogen and oxygen atoms in total. The SMILES string of the molecule is CCCCCCCCCCCCCCCCCCCCCCCCCCCCCCCCC(=O)OC(COC(=O)CCCCCCCCCCCCCCCCCCCCCCCC)COC(OCC[N+](C)(C)C)C(=O)O. The number of quaternary nitrogens is 1. The number of rotatable bonds is 65. The van der Waals surface area contributed by atoms with Gasteiger partial charge in [0.1, 0.15) is 13.2 Å². The van der Waals surface area contributed by atoms with E-state index in [9.17, 15) is 19.5 Å². The van der Waals surface area contributed by atoms with Gasteiger partial charge in [-0.05, 0) is 12.8 Å². The number of carbonyl (C=O) groups excluding carboxylic acids is 2. The summed E-state index contributed by atoms with van der Waals surface area (Å²) in [6.07, 6.45) is 67.9. The third kappa shape index (κ3) is 61.8. The summed E-state index contributed by atoms with van der Waals surface area (Å²) < 4.78 is 23.0. The van der Waals surface area contributed by atoms with E-state index in [1.54, 1.807) is 0 Å². The molecule has 0 fully saturated rings. The molecule has 0 amide bonds. The van der Waals surface area contributed by atoms with E-state index in [0.717, 1.165) is 38.5 Å². The van der Waals surface area contributed by atoms with Crippen LogP contribution in [0.3, 0.4) is 0 Å². The van der Waals surface area contributed by atoms with Gasteiger partial charge in [0, 0.05) is 12.8 Å². The highest BCUT2D eigenvalue weighted by atomic mass is 16.7. The van der Waals surface area contributed by atoms with Gasteiger partial charge in [0.15, 0.2) is 6.10 Å². The van der Waals surface area contributed by atoms with Crippen molar-refractivity contribution in [2.45, 2.75) is 373 Å². The lowest BCUT2D eigenvalue weighted by molar-refractivity contribution is -0.870. The monoisotopic (exact) mass is 1090 g/mol. The number of unbranched alkanes of at least 4 members (excludes halogenated alkanes) is 50. The highest BCUT2D eigenvalue weighted by molar-refractivity contribution is 5.71. The van der Waals surface area contributed by atoms with Gasteiger partial charge in [0.05, 0.1) is 34.4 Å². The summed E-state index contributed by atoms with van der Waals surface area (Å²) in [6, 6.07) is 0. The first-order chi connectivity index (χ1) is 37.6. The van der Waals surface area contributed by atoms with Gasteiger partial charge >= 0.3 is 17.9 Å². The van der Waals surface area contributed by atoms with Crippen LogP contribution in [0.2, 0.25) is 0 Å². The van der Waals surface area contributed by atoms with Crippen LogP contribution in [-0.2, 0) is 33.3 Å². The molecule has 0 bridgehead atoms. The number of ether oxygens (including phenoxy) is 4. The number of hydrogen-bond acceptors (Lipinski definition) is 7. The number of carboxylic acid groups (broad SMARTS) is 1. The Kier molecular flexibility index (Phi) is 59.0. The van der Waals surface area contributed by atoms with E-state index in [0.29, 0.717) is 17.4 Å². The molecule has 0 aromatic rings. The normalized spacial score (nSPS) is 12.6. The van der Waals surface area contributed by atoms with Crippen molar-refractivity contribution in [3.05, 3.63) is 0 Å². The van der Waals surface area contributed by atoms with Gasteiger partial charge in [-0.2, -0.15) is 0 Å². The van der Waals surface area contributed by atoms with Crippen LogP contribution in [0.5, 0.6) is 0 Å². The topological polar surface area (TPSA) is 108 Å². The van der Waals surface area contributed by atoms with Crippen LogP contribution in [-0.4, -0.2) is 87.4 Å². The van der Waals surface area contributed by atoms with E-state index in [4.69, 9.17) is 18.9 Å². The number of esters is 2. The average Bonchev–Trinajstić information content (AvgIpc) is 3.40. The number of likely N-dealkylation sites (N-methyl/N-ethyl adjacent to an activating group) is 1. The number of carbonyl (C=O) groups is 3.